The first-order valence-corrected chi connectivity index (χ1v) is 10.0. The van der Waals surface area contributed by atoms with Crippen molar-refractivity contribution in [3.8, 4) is 11.3 Å². The molecule has 1 N–H and O–H groups in total. The summed E-state index contributed by atoms with van der Waals surface area (Å²) in [7, 11) is 0. The topological polar surface area (TPSA) is 81.5 Å². The van der Waals surface area contributed by atoms with E-state index in [4.69, 9.17) is 4.42 Å². The highest BCUT2D eigenvalue weighted by molar-refractivity contribution is 5.93. The zero-order valence-corrected chi connectivity index (χ0v) is 16.2. The molecule has 2 saturated carbocycles. The lowest BCUT2D eigenvalue weighted by Gasteiger charge is -2.25. The maximum absolute atomic E-state index is 13.2. The van der Waals surface area contributed by atoms with Crippen LogP contribution in [0.25, 0.3) is 16.9 Å². The Bertz CT molecular complexity index is 1130. The lowest BCUT2D eigenvalue weighted by Crippen LogP contribution is -2.39. The average Bonchev–Trinajstić information content (AvgIpc) is 3.23. The minimum Gasteiger partial charge on any atom is -0.466 e. The number of amides is 1. The molecular weight excluding hydrogens is 356 g/mol. The van der Waals surface area contributed by atoms with E-state index in [0.717, 1.165) is 54.9 Å². The molecule has 5 rings (SSSR count). The first kappa shape index (κ1) is 17.3. The van der Waals surface area contributed by atoms with Gasteiger partial charge in [0.15, 0.2) is 0 Å². The van der Waals surface area contributed by atoms with Crippen molar-refractivity contribution in [2.24, 2.45) is 5.92 Å². The lowest BCUT2D eigenvalue weighted by atomic mass is 9.93. The van der Waals surface area contributed by atoms with Crippen LogP contribution in [0.5, 0.6) is 0 Å². The molecule has 3 aromatic rings. The van der Waals surface area contributed by atoms with E-state index in [-0.39, 0.29) is 17.5 Å². The maximum atomic E-state index is 13.2. The Morgan fingerprint density at radius 2 is 2.04 bits per heavy atom. The first-order chi connectivity index (χ1) is 13.5. The summed E-state index contributed by atoms with van der Waals surface area (Å²) in [5.41, 5.74) is 2.14. The van der Waals surface area contributed by atoms with E-state index in [2.05, 4.69) is 10.3 Å². The Kier molecular flexibility index (Phi) is 3.92. The third-order valence-electron chi connectivity index (χ3n) is 5.85. The second-order valence-corrected chi connectivity index (χ2v) is 8.16. The van der Waals surface area contributed by atoms with Crippen LogP contribution in [0.3, 0.4) is 0 Å². The van der Waals surface area contributed by atoms with Crippen molar-refractivity contribution in [3.63, 3.8) is 0 Å². The normalized spacial score (nSPS) is 17.1. The number of aromatic nitrogens is 3. The number of nitrogens with one attached hydrogen (secondary N) is 1. The monoisotopic (exact) mass is 380 g/mol. The second kappa shape index (κ2) is 6.36. The van der Waals surface area contributed by atoms with Gasteiger partial charge in [-0.1, -0.05) is 0 Å². The largest absolute Gasteiger partial charge is 0.466 e. The Morgan fingerprint density at radius 1 is 1.25 bits per heavy atom. The quantitative estimate of drug-likeness (QED) is 0.738. The molecule has 2 fully saturated rings. The molecule has 146 valence electrons. The summed E-state index contributed by atoms with van der Waals surface area (Å²) >= 11 is 0. The molecule has 0 radical (unpaired) electrons. The van der Waals surface area contributed by atoms with Crippen LogP contribution in [0.4, 0.5) is 0 Å². The summed E-state index contributed by atoms with van der Waals surface area (Å²) in [6, 6.07) is 2.19. The molecule has 0 spiro atoms. The van der Waals surface area contributed by atoms with Gasteiger partial charge in [0.25, 0.3) is 11.5 Å². The Balaban J connectivity index is 1.62. The number of rotatable bonds is 5. The third-order valence-corrected chi connectivity index (χ3v) is 5.85. The standard InChI is InChI=1S/C21H24N4O3/c1-12-8-16(13(2)28-12)18-11-24-10-17(20(26)22-15-4-3-5-15)23-19(24)21(27)25(18)9-14-6-7-14/h8,10-11,14-15H,3-7,9H2,1-2H3,(H,22,26). The number of aryl methyl sites for hydroxylation is 2. The van der Waals surface area contributed by atoms with E-state index >= 15 is 0 Å². The predicted octanol–water partition coefficient (Wildman–Crippen LogP) is 3.07. The van der Waals surface area contributed by atoms with Gasteiger partial charge >= 0.3 is 0 Å². The van der Waals surface area contributed by atoms with Crippen LogP contribution in [0, 0.1) is 19.8 Å². The number of imidazole rings is 1. The average molecular weight is 380 g/mol. The van der Waals surface area contributed by atoms with E-state index in [0.29, 0.717) is 23.8 Å². The van der Waals surface area contributed by atoms with Crippen LogP contribution >= 0.6 is 0 Å². The molecule has 3 heterocycles. The fourth-order valence-corrected chi connectivity index (χ4v) is 3.84. The molecular formula is C21H24N4O3. The molecule has 7 nitrogen and oxygen atoms in total. The van der Waals surface area contributed by atoms with Crippen molar-refractivity contribution < 1.29 is 9.21 Å². The van der Waals surface area contributed by atoms with Crippen molar-refractivity contribution in [1.82, 2.24) is 19.3 Å². The van der Waals surface area contributed by atoms with Crippen LogP contribution in [-0.2, 0) is 6.54 Å². The molecule has 0 bridgehead atoms. The van der Waals surface area contributed by atoms with Crippen LogP contribution in [0.15, 0.2) is 27.7 Å². The predicted molar refractivity (Wildman–Crippen MR) is 104 cm³/mol. The number of hydrogen-bond donors (Lipinski definition) is 1. The van der Waals surface area contributed by atoms with E-state index < -0.39 is 0 Å². The molecule has 0 saturated heterocycles. The fraction of sp³-hybridized carbons (Fsp3) is 0.476. The van der Waals surface area contributed by atoms with Gasteiger partial charge in [0.2, 0.25) is 5.65 Å². The molecule has 28 heavy (non-hydrogen) atoms. The Hall–Kier alpha value is -2.83. The number of furan rings is 1. The molecule has 7 heteroatoms. The first-order valence-electron chi connectivity index (χ1n) is 10.0. The fourth-order valence-electron chi connectivity index (χ4n) is 3.84. The molecule has 0 aromatic carbocycles. The van der Waals surface area contributed by atoms with E-state index in [1.54, 1.807) is 15.2 Å². The van der Waals surface area contributed by atoms with Crippen molar-refractivity contribution in [3.05, 3.63) is 46.0 Å². The lowest BCUT2D eigenvalue weighted by molar-refractivity contribution is 0.0912. The van der Waals surface area contributed by atoms with Gasteiger partial charge in [0, 0.05) is 30.5 Å². The van der Waals surface area contributed by atoms with Gasteiger partial charge in [0.05, 0.1) is 5.69 Å². The number of carbonyl (C=O) groups excluding carboxylic acids is 1. The third kappa shape index (κ3) is 2.95. The van der Waals surface area contributed by atoms with Crippen molar-refractivity contribution in [1.29, 1.82) is 0 Å². The summed E-state index contributed by atoms with van der Waals surface area (Å²) in [6.45, 7) is 4.48. The van der Waals surface area contributed by atoms with Gasteiger partial charge in [-0.15, -0.1) is 0 Å². The molecule has 3 aromatic heterocycles. The molecule has 0 unspecified atom stereocenters. The summed E-state index contributed by atoms with van der Waals surface area (Å²) in [5.74, 6) is 1.91. The smallest absolute Gasteiger partial charge is 0.294 e. The maximum Gasteiger partial charge on any atom is 0.294 e. The second-order valence-electron chi connectivity index (χ2n) is 8.16. The molecule has 0 aliphatic heterocycles. The highest BCUT2D eigenvalue weighted by Gasteiger charge is 2.27. The van der Waals surface area contributed by atoms with Crippen molar-refractivity contribution in [2.75, 3.05) is 0 Å². The zero-order valence-electron chi connectivity index (χ0n) is 16.2. The number of hydrogen-bond acceptors (Lipinski definition) is 4. The summed E-state index contributed by atoms with van der Waals surface area (Å²) < 4.78 is 9.17. The van der Waals surface area contributed by atoms with E-state index in [1.165, 1.54) is 0 Å². The van der Waals surface area contributed by atoms with E-state index in [9.17, 15) is 9.59 Å². The van der Waals surface area contributed by atoms with Crippen LogP contribution in [-0.4, -0.2) is 25.9 Å². The molecule has 2 aliphatic rings. The van der Waals surface area contributed by atoms with Gasteiger partial charge < -0.3 is 14.3 Å². The molecule has 0 atom stereocenters. The highest BCUT2D eigenvalue weighted by atomic mass is 16.3. The van der Waals surface area contributed by atoms with Gasteiger partial charge in [0.1, 0.15) is 17.2 Å². The number of fused-ring (bicyclic) bond motifs is 1. The van der Waals surface area contributed by atoms with Gasteiger partial charge in [-0.3, -0.25) is 14.0 Å². The van der Waals surface area contributed by atoms with Crippen molar-refractivity contribution in [2.45, 2.75) is 58.5 Å². The van der Waals surface area contributed by atoms with Gasteiger partial charge in [-0.25, -0.2) is 4.98 Å². The highest BCUT2D eigenvalue weighted by Crippen LogP contribution is 2.33. The Morgan fingerprint density at radius 3 is 2.64 bits per heavy atom. The van der Waals surface area contributed by atoms with Crippen molar-refractivity contribution >= 4 is 11.6 Å². The van der Waals surface area contributed by atoms with Crippen LogP contribution in [0.1, 0.15) is 54.1 Å². The van der Waals surface area contributed by atoms with Gasteiger partial charge in [-0.05, 0) is 57.9 Å². The summed E-state index contributed by atoms with van der Waals surface area (Å²) in [5, 5.41) is 2.99. The number of carbonyl (C=O) groups is 1. The number of nitrogens with zero attached hydrogens (tertiary/aromatic N) is 3. The van der Waals surface area contributed by atoms with Gasteiger partial charge in [-0.2, -0.15) is 0 Å². The van der Waals surface area contributed by atoms with Crippen LogP contribution < -0.4 is 10.9 Å². The zero-order chi connectivity index (χ0) is 19.4. The molecule has 1 amide bonds. The summed E-state index contributed by atoms with van der Waals surface area (Å²) in [6.07, 6.45) is 9.00. The van der Waals surface area contributed by atoms with E-state index in [1.807, 2.05) is 26.1 Å². The minimum absolute atomic E-state index is 0.162. The minimum atomic E-state index is -0.210. The SMILES string of the molecule is Cc1cc(-c2cn3cc(C(=O)NC4CCC4)nc3c(=O)n2CC2CC2)c(C)o1. The summed E-state index contributed by atoms with van der Waals surface area (Å²) in [4.78, 5) is 30.1. The Labute approximate surface area is 162 Å². The van der Waals surface area contributed by atoms with Crippen LogP contribution in [0.2, 0.25) is 0 Å². The molecule has 2 aliphatic carbocycles.